The lowest BCUT2D eigenvalue weighted by atomic mass is 9.73. The monoisotopic (exact) mass is 395 g/mol. The molecule has 0 spiro atoms. The lowest BCUT2D eigenvalue weighted by Gasteiger charge is -2.50. The maximum Gasteiger partial charge on any atom is 0.311 e. The van der Waals surface area contributed by atoms with Gasteiger partial charge in [0.2, 0.25) is 0 Å². The number of ether oxygens (including phenoxy) is 1. The van der Waals surface area contributed by atoms with Crippen LogP contribution in [0.15, 0.2) is 91.0 Å². The van der Waals surface area contributed by atoms with Crippen LogP contribution in [0.3, 0.4) is 0 Å². The lowest BCUT2D eigenvalue weighted by Crippen LogP contribution is -2.59. The quantitative estimate of drug-likeness (QED) is 0.656. The summed E-state index contributed by atoms with van der Waals surface area (Å²) in [6, 6.07) is 27.6. The predicted molar refractivity (Wildman–Crippen MR) is 114 cm³/mol. The second-order valence-corrected chi connectivity index (χ2v) is 8.18. The molecule has 3 aliphatic rings. The third-order valence-corrected chi connectivity index (χ3v) is 6.77. The Morgan fingerprint density at radius 3 is 2.33 bits per heavy atom. The lowest BCUT2D eigenvalue weighted by molar-refractivity contribution is -0.239. The van der Waals surface area contributed by atoms with E-state index in [2.05, 4.69) is 23.1 Å². The van der Waals surface area contributed by atoms with Crippen molar-refractivity contribution >= 4 is 17.2 Å². The van der Waals surface area contributed by atoms with E-state index in [0.717, 1.165) is 22.4 Å². The van der Waals surface area contributed by atoms with Crippen LogP contribution in [0.25, 0.3) is 5.57 Å². The second kappa shape index (κ2) is 6.07. The van der Waals surface area contributed by atoms with Crippen LogP contribution in [-0.4, -0.2) is 17.1 Å². The highest BCUT2D eigenvalue weighted by atomic mass is 16.7. The molecule has 4 nitrogen and oxygen atoms in total. The topological polar surface area (TPSA) is 49.8 Å². The van der Waals surface area contributed by atoms with Gasteiger partial charge in [-0.1, -0.05) is 84.9 Å². The first-order chi connectivity index (χ1) is 14.6. The number of benzene rings is 3. The first kappa shape index (κ1) is 17.5. The fraction of sp³-hybridized carbons (Fsp3) is 0.192. The summed E-state index contributed by atoms with van der Waals surface area (Å²) < 4.78 is 5.91. The number of carbonyl (C=O) groups is 1. The molecule has 6 rings (SSSR count). The van der Waals surface area contributed by atoms with Gasteiger partial charge in [-0.25, -0.2) is 0 Å². The van der Waals surface area contributed by atoms with E-state index in [0.29, 0.717) is 12.0 Å². The third kappa shape index (κ3) is 2.06. The van der Waals surface area contributed by atoms with Gasteiger partial charge in [0.1, 0.15) is 5.54 Å². The minimum absolute atomic E-state index is 0.186. The Labute approximate surface area is 175 Å². The van der Waals surface area contributed by atoms with E-state index in [1.807, 2.05) is 72.8 Å². The number of anilines is 1. The van der Waals surface area contributed by atoms with E-state index < -0.39 is 11.3 Å². The van der Waals surface area contributed by atoms with Gasteiger partial charge < -0.3 is 14.7 Å². The van der Waals surface area contributed by atoms with Gasteiger partial charge in [-0.2, -0.15) is 0 Å². The van der Waals surface area contributed by atoms with Crippen molar-refractivity contribution in [1.82, 2.24) is 0 Å². The van der Waals surface area contributed by atoms with Crippen molar-refractivity contribution < 1.29 is 14.6 Å². The highest BCUT2D eigenvalue weighted by Gasteiger charge is 2.69. The second-order valence-electron chi connectivity index (χ2n) is 8.18. The fourth-order valence-corrected chi connectivity index (χ4v) is 5.58. The highest BCUT2D eigenvalue weighted by molar-refractivity contribution is 5.87. The summed E-state index contributed by atoms with van der Waals surface area (Å²) in [7, 11) is 0. The summed E-state index contributed by atoms with van der Waals surface area (Å²) in [5.74, 6) is -2.14. The molecule has 4 heteroatoms. The fourth-order valence-electron chi connectivity index (χ4n) is 5.58. The largest absolute Gasteiger partial charge is 0.426 e. The van der Waals surface area contributed by atoms with Crippen molar-refractivity contribution in [2.75, 3.05) is 4.90 Å². The average Bonchev–Trinajstić information content (AvgIpc) is 2.97. The number of nitrogens with zero attached hydrogens (tertiary/aromatic N) is 1. The van der Waals surface area contributed by atoms with E-state index in [1.54, 1.807) is 0 Å². The van der Waals surface area contributed by atoms with Crippen molar-refractivity contribution in [3.63, 3.8) is 0 Å². The minimum atomic E-state index is -1.75. The summed E-state index contributed by atoms with van der Waals surface area (Å²) in [4.78, 5) is 15.2. The van der Waals surface area contributed by atoms with Crippen molar-refractivity contribution in [2.45, 2.75) is 30.2 Å². The van der Waals surface area contributed by atoms with Gasteiger partial charge in [0.25, 0.3) is 5.79 Å². The molecule has 4 bridgehead atoms. The van der Waals surface area contributed by atoms with Crippen LogP contribution >= 0.6 is 0 Å². The molecular weight excluding hydrogens is 374 g/mol. The van der Waals surface area contributed by atoms with Gasteiger partial charge in [-0.3, -0.25) is 4.79 Å². The van der Waals surface area contributed by atoms with Crippen molar-refractivity contribution in [3.05, 3.63) is 108 Å². The van der Waals surface area contributed by atoms with Crippen LogP contribution in [0.2, 0.25) is 0 Å². The molecule has 0 saturated carbocycles. The van der Waals surface area contributed by atoms with Crippen molar-refractivity contribution in [2.24, 2.45) is 0 Å². The number of esters is 1. The number of rotatable bonds is 2. The van der Waals surface area contributed by atoms with E-state index in [9.17, 15) is 9.90 Å². The van der Waals surface area contributed by atoms with Crippen LogP contribution in [0.1, 0.15) is 29.5 Å². The zero-order valence-electron chi connectivity index (χ0n) is 16.4. The van der Waals surface area contributed by atoms with Crippen LogP contribution in [0, 0.1) is 0 Å². The van der Waals surface area contributed by atoms with E-state index in [-0.39, 0.29) is 18.4 Å². The predicted octanol–water partition coefficient (Wildman–Crippen LogP) is 4.35. The normalized spacial score (nSPS) is 29.0. The smallest absolute Gasteiger partial charge is 0.311 e. The summed E-state index contributed by atoms with van der Waals surface area (Å²) >= 11 is 0. The standard InChI is InChI=1S/C26H21NO3/c28-24-17-23-20(18-9-3-1-4-10-18)15-16-25(19-11-5-2-6-12-19)26(29,30-24)21-13-7-8-14-22(21)27(23)25/h1-15,23,29H,16-17H2/t23-,25-,26-/m1/s1. The number of carbonyl (C=O) groups excluding carboxylic acids is 1. The Morgan fingerprint density at radius 2 is 1.57 bits per heavy atom. The molecule has 30 heavy (non-hydrogen) atoms. The third-order valence-electron chi connectivity index (χ3n) is 6.77. The van der Waals surface area contributed by atoms with Crippen LogP contribution in [-0.2, 0) is 20.9 Å². The van der Waals surface area contributed by atoms with Gasteiger partial charge >= 0.3 is 5.97 Å². The SMILES string of the molecule is O=C1C[C@@H]2C(c3ccccc3)=CC[C@]3(c4ccccc4)N2c2ccccc2[C@@]3(O)O1. The molecule has 0 aromatic heterocycles. The Balaban J connectivity index is 1.68. The maximum atomic E-state index is 12.9. The molecule has 3 aliphatic heterocycles. The number of para-hydroxylation sites is 1. The van der Waals surface area contributed by atoms with Crippen LogP contribution in [0.4, 0.5) is 5.69 Å². The zero-order valence-corrected chi connectivity index (χ0v) is 16.4. The maximum absolute atomic E-state index is 12.9. The highest BCUT2D eigenvalue weighted by Crippen LogP contribution is 2.63. The van der Waals surface area contributed by atoms with Gasteiger partial charge in [-0.15, -0.1) is 0 Å². The first-order valence-corrected chi connectivity index (χ1v) is 10.3. The summed E-state index contributed by atoms with van der Waals surface area (Å²) in [5, 5.41) is 12.1. The molecular formula is C26H21NO3. The molecule has 3 heterocycles. The molecule has 1 fully saturated rings. The molecule has 3 aromatic carbocycles. The summed E-state index contributed by atoms with van der Waals surface area (Å²) in [6.07, 6.45) is 2.89. The Morgan fingerprint density at radius 1 is 0.900 bits per heavy atom. The van der Waals surface area contributed by atoms with Gasteiger partial charge in [0, 0.05) is 17.7 Å². The molecule has 0 unspecified atom stereocenters. The Kier molecular flexibility index (Phi) is 3.54. The summed E-state index contributed by atoms with van der Waals surface area (Å²) in [6.45, 7) is 0. The first-order valence-electron chi connectivity index (χ1n) is 10.3. The average molecular weight is 395 g/mol. The molecule has 0 aliphatic carbocycles. The number of hydrogen-bond donors (Lipinski definition) is 1. The van der Waals surface area contributed by atoms with Crippen molar-refractivity contribution in [3.8, 4) is 0 Å². The van der Waals surface area contributed by atoms with Crippen LogP contribution < -0.4 is 4.90 Å². The van der Waals surface area contributed by atoms with Gasteiger partial charge in [0.15, 0.2) is 0 Å². The molecule has 1 N–H and O–H groups in total. The Bertz CT molecular complexity index is 1170. The molecule has 0 radical (unpaired) electrons. The summed E-state index contributed by atoms with van der Waals surface area (Å²) in [5.41, 5.74) is 3.78. The molecule has 3 atom stereocenters. The molecule has 148 valence electrons. The number of aliphatic hydroxyl groups is 1. The van der Waals surface area contributed by atoms with Gasteiger partial charge in [-0.05, 0) is 22.8 Å². The van der Waals surface area contributed by atoms with E-state index >= 15 is 0 Å². The Hall–Kier alpha value is -3.37. The molecule has 1 saturated heterocycles. The molecule has 0 amide bonds. The van der Waals surface area contributed by atoms with E-state index in [4.69, 9.17) is 4.74 Å². The van der Waals surface area contributed by atoms with E-state index in [1.165, 1.54) is 0 Å². The van der Waals surface area contributed by atoms with Crippen LogP contribution in [0.5, 0.6) is 0 Å². The molecule has 3 aromatic rings. The minimum Gasteiger partial charge on any atom is -0.426 e. The van der Waals surface area contributed by atoms with Crippen molar-refractivity contribution in [1.29, 1.82) is 0 Å². The number of fused-ring (bicyclic) bond motifs is 2. The van der Waals surface area contributed by atoms with Gasteiger partial charge in [0.05, 0.1) is 12.5 Å². The number of hydrogen-bond acceptors (Lipinski definition) is 4. The zero-order chi connectivity index (χ0) is 20.3.